The lowest BCUT2D eigenvalue weighted by Crippen LogP contribution is -2.29. The van der Waals surface area contributed by atoms with Crippen LogP contribution in [0.1, 0.15) is 16.8 Å². The molecule has 0 spiro atoms. The Morgan fingerprint density at radius 3 is 2.74 bits per heavy atom. The van der Waals surface area contributed by atoms with Gasteiger partial charge < -0.3 is 10.0 Å². The third-order valence-electron chi connectivity index (χ3n) is 2.89. The van der Waals surface area contributed by atoms with E-state index in [4.69, 9.17) is 5.11 Å². The summed E-state index contributed by atoms with van der Waals surface area (Å²) >= 11 is 0. The molecule has 98 valence electrons. The second kappa shape index (κ2) is 5.48. The second-order valence-electron chi connectivity index (χ2n) is 4.25. The molecule has 0 radical (unpaired) electrons. The molecule has 0 bridgehead atoms. The molecule has 2 aromatic rings. The molecule has 0 unspecified atom stereocenters. The lowest BCUT2D eigenvalue weighted by molar-refractivity contribution is -0.137. The van der Waals surface area contributed by atoms with E-state index >= 15 is 0 Å². The lowest BCUT2D eigenvalue weighted by Gasteiger charge is -2.17. The number of pyridine rings is 1. The van der Waals surface area contributed by atoms with Crippen molar-refractivity contribution in [3.05, 3.63) is 42.1 Å². The van der Waals surface area contributed by atoms with Crippen LogP contribution in [-0.2, 0) is 4.79 Å². The van der Waals surface area contributed by atoms with Crippen molar-refractivity contribution in [3.63, 3.8) is 0 Å². The maximum atomic E-state index is 12.3. The second-order valence-corrected chi connectivity index (χ2v) is 4.25. The van der Waals surface area contributed by atoms with E-state index in [0.29, 0.717) is 5.56 Å². The van der Waals surface area contributed by atoms with Crippen LogP contribution < -0.4 is 0 Å². The van der Waals surface area contributed by atoms with Gasteiger partial charge in [-0.3, -0.25) is 14.6 Å². The van der Waals surface area contributed by atoms with Gasteiger partial charge in [0.1, 0.15) is 0 Å². The first-order valence-corrected chi connectivity index (χ1v) is 5.90. The van der Waals surface area contributed by atoms with Crippen LogP contribution in [-0.4, -0.2) is 40.5 Å². The smallest absolute Gasteiger partial charge is 0.305 e. The van der Waals surface area contributed by atoms with Crippen LogP contribution in [0.4, 0.5) is 0 Å². The van der Waals surface area contributed by atoms with E-state index < -0.39 is 5.97 Å². The fourth-order valence-electron chi connectivity index (χ4n) is 1.85. The van der Waals surface area contributed by atoms with Gasteiger partial charge in [0.25, 0.3) is 5.91 Å². The van der Waals surface area contributed by atoms with Crippen LogP contribution in [0, 0.1) is 0 Å². The molecule has 0 aliphatic rings. The number of fused-ring (bicyclic) bond motifs is 1. The molecule has 2 rings (SSSR count). The van der Waals surface area contributed by atoms with E-state index in [2.05, 4.69) is 4.98 Å². The highest BCUT2D eigenvalue weighted by atomic mass is 16.4. The van der Waals surface area contributed by atoms with Crippen LogP contribution in [0.3, 0.4) is 0 Å². The van der Waals surface area contributed by atoms with Crippen molar-refractivity contribution in [2.75, 3.05) is 13.6 Å². The van der Waals surface area contributed by atoms with Gasteiger partial charge in [-0.15, -0.1) is 0 Å². The third kappa shape index (κ3) is 2.88. The van der Waals surface area contributed by atoms with Gasteiger partial charge >= 0.3 is 5.97 Å². The van der Waals surface area contributed by atoms with Crippen LogP contribution in [0.2, 0.25) is 0 Å². The van der Waals surface area contributed by atoms with E-state index in [1.54, 1.807) is 19.3 Å². The summed E-state index contributed by atoms with van der Waals surface area (Å²) in [5, 5.41) is 9.41. The van der Waals surface area contributed by atoms with Crippen molar-refractivity contribution in [3.8, 4) is 0 Å². The van der Waals surface area contributed by atoms with Crippen LogP contribution in [0.15, 0.2) is 36.5 Å². The molecule has 1 heterocycles. The normalized spacial score (nSPS) is 10.4. The maximum Gasteiger partial charge on any atom is 0.305 e. The molecule has 5 heteroatoms. The van der Waals surface area contributed by atoms with Gasteiger partial charge in [-0.25, -0.2) is 0 Å². The van der Waals surface area contributed by atoms with Gasteiger partial charge in [0, 0.05) is 25.2 Å². The average Bonchev–Trinajstić information content (AvgIpc) is 2.43. The summed E-state index contributed by atoms with van der Waals surface area (Å²) in [6.45, 7) is 0.185. The number of hydrogen-bond acceptors (Lipinski definition) is 3. The molecule has 1 aromatic heterocycles. The van der Waals surface area contributed by atoms with Crippen molar-refractivity contribution in [2.24, 2.45) is 0 Å². The maximum absolute atomic E-state index is 12.3. The highest BCUT2D eigenvalue weighted by Gasteiger charge is 2.15. The standard InChI is InChI=1S/C14H14N2O3/c1-16(9-7-13(17)18)14(19)11-6-8-15-12-5-3-2-4-10(11)12/h2-6,8H,7,9H2,1H3,(H,17,18). The molecule has 0 atom stereocenters. The van der Waals surface area contributed by atoms with E-state index in [9.17, 15) is 9.59 Å². The Morgan fingerprint density at radius 2 is 2.00 bits per heavy atom. The Kier molecular flexibility index (Phi) is 3.75. The van der Waals surface area contributed by atoms with Crippen molar-refractivity contribution >= 4 is 22.8 Å². The lowest BCUT2D eigenvalue weighted by atomic mass is 10.1. The minimum absolute atomic E-state index is 0.0642. The van der Waals surface area contributed by atoms with Crippen LogP contribution in [0.5, 0.6) is 0 Å². The highest BCUT2D eigenvalue weighted by molar-refractivity contribution is 6.05. The number of nitrogens with zero attached hydrogens (tertiary/aromatic N) is 2. The first-order valence-electron chi connectivity index (χ1n) is 5.90. The zero-order valence-corrected chi connectivity index (χ0v) is 10.5. The summed E-state index contributed by atoms with van der Waals surface area (Å²) in [6.07, 6.45) is 1.52. The summed E-state index contributed by atoms with van der Waals surface area (Å²) < 4.78 is 0. The predicted molar refractivity (Wildman–Crippen MR) is 71.0 cm³/mol. The molecule has 19 heavy (non-hydrogen) atoms. The predicted octanol–water partition coefficient (Wildman–Crippen LogP) is 1.78. The van der Waals surface area contributed by atoms with Crippen molar-refractivity contribution in [1.29, 1.82) is 0 Å². The number of carbonyl (C=O) groups excluding carboxylic acids is 1. The Balaban J connectivity index is 2.28. The van der Waals surface area contributed by atoms with Gasteiger partial charge in [-0.05, 0) is 12.1 Å². The number of benzene rings is 1. The SMILES string of the molecule is CN(CCC(=O)O)C(=O)c1ccnc2ccccc12. The van der Waals surface area contributed by atoms with Crippen molar-refractivity contribution in [2.45, 2.75) is 6.42 Å². The Bertz CT molecular complexity index is 620. The minimum Gasteiger partial charge on any atom is -0.481 e. The fourth-order valence-corrected chi connectivity index (χ4v) is 1.85. The fraction of sp³-hybridized carbons (Fsp3) is 0.214. The molecule has 0 aliphatic carbocycles. The molecule has 0 fully saturated rings. The number of amides is 1. The summed E-state index contributed by atoms with van der Waals surface area (Å²) in [6, 6.07) is 9.03. The van der Waals surface area contributed by atoms with Gasteiger partial charge in [0.05, 0.1) is 17.5 Å². The number of para-hydroxylation sites is 1. The summed E-state index contributed by atoms with van der Waals surface area (Å²) in [4.78, 5) is 28.4. The first kappa shape index (κ1) is 13.0. The Hall–Kier alpha value is -2.43. The van der Waals surface area contributed by atoms with E-state index in [1.165, 1.54) is 4.90 Å². The van der Waals surface area contributed by atoms with Crippen LogP contribution in [0.25, 0.3) is 10.9 Å². The number of aliphatic carboxylic acids is 1. The number of aromatic nitrogens is 1. The number of carbonyl (C=O) groups is 2. The zero-order valence-electron chi connectivity index (χ0n) is 10.5. The first-order chi connectivity index (χ1) is 9.09. The third-order valence-corrected chi connectivity index (χ3v) is 2.89. The Morgan fingerprint density at radius 1 is 1.26 bits per heavy atom. The Labute approximate surface area is 110 Å². The summed E-state index contributed by atoms with van der Waals surface area (Å²) in [5.41, 5.74) is 1.29. The monoisotopic (exact) mass is 258 g/mol. The highest BCUT2D eigenvalue weighted by Crippen LogP contribution is 2.17. The quantitative estimate of drug-likeness (QED) is 0.907. The number of carboxylic acid groups (broad SMARTS) is 1. The topological polar surface area (TPSA) is 70.5 Å². The van der Waals surface area contributed by atoms with Crippen LogP contribution >= 0.6 is 0 Å². The van der Waals surface area contributed by atoms with Gasteiger partial charge in [-0.2, -0.15) is 0 Å². The van der Waals surface area contributed by atoms with Gasteiger partial charge in [-0.1, -0.05) is 18.2 Å². The van der Waals surface area contributed by atoms with E-state index in [-0.39, 0.29) is 18.9 Å². The molecule has 1 aromatic carbocycles. The van der Waals surface area contributed by atoms with Gasteiger partial charge in [0.2, 0.25) is 0 Å². The zero-order chi connectivity index (χ0) is 13.8. The van der Waals surface area contributed by atoms with E-state index in [0.717, 1.165) is 10.9 Å². The number of carboxylic acids is 1. The van der Waals surface area contributed by atoms with Crippen molar-refractivity contribution < 1.29 is 14.7 Å². The molecule has 1 amide bonds. The molecule has 0 saturated heterocycles. The van der Waals surface area contributed by atoms with E-state index in [1.807, 2.05) is 24.3 Å². The van der Waals surface area contributed by atoms with Crippen molar-refractivity contribution in [1.82, 2.24) is 9.88 Å². The summed E-state index contributed by atoms with van der Waals surface area (Å²) in [7, 11) is 1.60. The molecule has 5 nitrogen and oxygen atoms in total. The van der Waals surface area contributed by atoms with Gasteiger partial charge in [0.15, 0.2) is 0 Å². The molecule has 0 saturated carbocycles. The molecule has 1 N–H and O–H groups in total. The molecular formula is C14H14N2O3. The minimum atomic E-state index is -0.917. The number of rotatable bonds is 4. The molecule has 0 aliphatic heterocycles. The number of hydrogen-bond donors (Lipinski definition) is 1. The molecular weight excluding hydrogens is 244 g/mol. The summed E-state index contributed by atoms with van der Waals surface area (Å²) in [5.74, 6) is -1.11. The average molecular weight is 258 g/mol. The largest absolute Gasteiger partial charge is 0.481 e.